The lowest BCUT2D eigenvalue weighted by atomic mass is 10.1. The van der Waals surface area contributed by atoms with E-state index in [1.165, 1.54) is 5.56 Å². The van der Waals surface area contributed by atoms with Gasteiger partial charge < -0.3 is 14.8 Å². The van der Waals surface area contributed by atoms with Gasteiger partial charge in [-0.25, -0.2) is 9.78 Å². The Bertz CT molecular complexity index is 865. The van der Waals surface area contributed by atoms with E-state index >= 15 is 0 Å². The Morgan fingerprint density at radius 1 is 1.11 bits per heavy atom. The van der Waals surface area contributed by atoms with E-state index in [2.05, 4.69) is 27.0 Å². The monoisotopic (exact) mass is 369 g/mol. The van der Waals surface area contributed by atoms with Gasteiger partial charge in [-0.05, 0) is 19.4 Å². The fraction of sp³-hybridized carbons (Fsp3) is 0.450. The quantitative estimate of drug-likeness (QED) is 0.896. The second kappa shape index (κ2) is 7.92. The van der Waals surface area contributed by atoms with Gasteiger partial charge in [0.05, 0.1) is 0 Å². The Kier molecular flexibility index (Phi) is 5.60. The van der Waals surface area contributed by atoms with Crippen molar-refractivity contribution in [2.45, 2.75) is 20.4 Å². The number of nitrogens with one attached hydrogen (secondary N) is 1. The van der Waals surface area contributed by atoms with Crippen LogP contribution in [0.15, 0.2) is 29.1 Å². The summed E-state index contributed by atoms with van der Waals surface area (Å²) < 4.78 is 0. The molecular formula is C20H27N5O2. The predicted molar refractivity (Wildman–Crippen MR) is 106 cm³/mol. The van der Waals surface area contributed by atoms with Crippen LogP contribution in [0.3, 0.4) is 0 Å². The second-order valence-corrected chi connectivity index (χ2v) is 7.26. The van der Waals surface area contributed by atoms with E-state index in [0.717, 1.165) is 44.0 Å². The molecule has 0 atom stereocenters. The number of piperazine rings is 1. The molecule has 1 aliphatic heterocycles. The standard InChI is InChI=1S/C20H27N5O2/c1-14-15(2)21-18(22-19(14)26)17-7-5-16(6-8-17)13-24-9-11-25(12-10-24)20(27)23(3)4/h5-8H,9-13H2,1-4H3,(H,21,22,26). The van der Waals surface area contributed by atoms with E-state index in [1.807, 2.05) is 24.0 Å². The molecule has 0 aliphatic carbocycles. The van der Waals surface area contributed by atoms with Gasteiger partial charge in [0.25, 0.3) is 5.56 Å². The van der Waals surface area contributed by atoms with Gasteiger partial charge in [-0.3, -0.25) is 9.69 Å². The number of carbonyl (C=O) groups is 1. The van der Waals surface area contributed by atoms with E-state index in [-0.39, 0.29) is 11.6 Å². The van der Waals surface area contributed by atoms with Crippen molar-refractivity contribution in [3.63, 3.8) is 0 Å². The van der Waals surface area contributed by atoms with Crippen LogP contribution in [0.5, 0.6) is 0 Å². The van der Waals surface area contributed by atoms with Gasteiger partial charge >= 0.3 is 6.03 Å². The van der Waals surface area contributed by atoms with Crippen molar-refractivity contribution in [1.29, 1.82) is 0 Å². The summed E-state index contributed by atoms with van der Waals surface area (Å²) in [6.45, 7) is 7.72. The number of aromatic amines is 1. The number of aromatic nitrogens is 2. The zero-order chi connectivity index (χ0) is 19.6. The molecule has 2 amide bonds. The number of hydrogen-bond acceptors (Lipinski definition) is 4. The lowest BCUT2D eigenvalue weighted by Crippen LogP contribution is -2.51. The number of hydrogen-bond donors (Lipinski definition) is 1. The first-order valence-electron chi connectivity index (χ1n) is 9.20. The van der Waals surface area contributed by atoms with Gasteiger partial charge in [-0.1, -0.05) is 24.3 Å². The van der Waals surface area contributed by atoms with E-state index in [9.17, 15) is 9.59 Å². The minimum atomic E-state index is -0.0910. The molecule has 1 saturated heterocycles. The number of aryl methyl sites for hydroxylation is 1. The lowest BCUT2D eigenvalue weighted by Gasteiger charge is -2.36. The molecule has 7 nitrogen and oxygen atoms in total. The van der Waals surface area contributed by atoms with E-state index < -0.39 is 0 Å². The normalized spacial score (nSPS) is 15.0. The molecule has 0 radical (unpaired) electrons. The third-order valence-electron chi connectivity index (χ3n) is 5.05. The van der Waals surface area contributed by atoms with Crippen molar-refractivity contribution < 1.29 is 4.79 Å². The van der Waals surface area contributed by atoms with Crippen LogP contribution in [-0.2, 0) is 6.54 Å². The predicted octanol–water partition coefficient (Wildman–Crippen LogP) is 1.85. The Hall–Kier alpha value is -2.67. The summed E-state index contributed by atoms with van der Waals surface area (Å²) in [6, 6.07) is 8.21. The highest BCUT2D eigenvalue weighted by atomic mass is 16.2. The smallest absolute Gasteiger partial charge is 0.319 e. The van der Waals surface area contributed by atoms with Gasteiger partial charge in [0.1, 0.15) is 5.82 Å². The molecule has 144 valence electrons. The topological polar surface area (TPSA) is 72.5 Å². The number of H-pyrrole nitrogens is 1. The molecule has 1 aromatic heterocycles. The molecular weight excluding hydrogens is 342 g/mol. The molecule has 0 bridgehead atoms. The van der Waals surface area contributed by atoms with Crippen molar-refractivity contribution in [2.75, 3.05) is 40.3 Å². The van der Waals surface area contributed by atoms with Gasteiger partial charge in [0, 0.05) is 63.6 Å². The maximum absolute atomic E-state index is 12.0. The minimum absolute atomic E-state index is 0.0777. The first-order chi connectivity index (χ1) is 12.8. The van der Waals surface area contributed by atoms with Crippen LogP contribution in [0.4, 0.5) is 4.79 Å². The summed E-state index contributed by atoms with van der Waals surface area (Å²) in [4.78, 5) is 37.1. The molecule has 0 saturated carbocycles. The third kappa shape index (κ3) is 4.36. The van der Waals surface area contributed by atoms with Crippen molar-refractivity contribution >= 4 is 6.03 Å². The van der Waals surface area contributed by atoms with Crippen LogP contribution in [-0.4, -0.2) is 71.0 Å². The highest BCUT2D eigenvalue weighted by Gasteiger charge is 2.22. The molecule has 0 spiro atoms. The number of nitrogens with zero attached hydrogens (tertiary/aromatic N) is 4. The third-order valence-corrected chi connectivity index (χ3v) is 5.05. The average molecular weight is 369 g/mol. The maximum Gasteiger partial charge on any atom is 0.319 e. The van der Waals surface area contributed by atoms with Crippen molar-refractivity contribution in [1.82, 2.24) is 24.7 Å². The number of benzene rings is 1. The Balaban J connectivity index is 1.62. The van der Waals surface area contributed by atoms with Gasteiger partial charge in [0.15, 0.2) is 0 Å². The zero-order valence-corrected chi connectivity index (χ0v) is 16.5. The van der Waals surface area contributed by atoms with Crippen LogP contribution in [0.25, 0.3) is 11.4 Å². The number of urea groups is 1. The Labute approximate surface area is 159 Å². The first-order valence-corrected chi connectivity index (χ1v) is 9.20. The average Bonchev–Trinajstić information content (AvgIpc) is 2.66. The molecule has 0 unspecified atom stereocenters. The van der Waals surface area contributed by atoms with Crippen molar-refractivity contribution in [3.8, 4) is 11.4 Å². The maximum atomic E-state index is 12.0. The Morgan fingerprint density at radius 3 is 2.30 bits per heavy atom. The molecule has 1 aliphatic rings. The van der Waals surface area contributed by atoms with Crippen LogP contribution in [0.2, 0.25) is 0 Å². The zero-order valence-electron chi connectivity index (χ0n) is 16.5. The van der Waals surface area contributed by atoms with Crippen molar-refractivity contribution in [2.24, 2.45) is 0 Å². The molecule has 1 N–H and O–H groups in total. The van der Waals surface area contributed by atoms with Crippen LogP contribution in [0.1, 0.15) is 16.8 Å². The molecule has 2 aromatic rings. The molecule has 27 heavy (non-hydrogen) atoms. The molecule has 1 aromatic carbocycles. The fourth-order valence-corrected chi connectivity index (χ4v) is 3.19. The fourth-order valence-electron chi connectivity index (χ4n) is 3.19. The van der Waals surface area contributed by atoms with Gasteiger partial charge in [-0.2, -0.15) is 0 Å². The Morgan fingerprint density at radius 2 is 1.74 bits per heavy atom. The summed E-state index contributed by atoms with van der Waals surface area (Å²) in [5.74, 6) is 0.602. The van der Waals surface area contributed by atoms with E-state index in [0.29, 0.717) is 11.4 Å². The summed E-state index contributed by atoms with van der Waals surface area (Å²) >= 11 is 0. The van der Waals surface area contributed by atoms with E-state index in [4.69, 9.17) is 0 Å². The van der Waals surface area contributed by atoms with Gasteiger partial charge in [0.2, 0.25) is 0 Å². The van der Waals surface area contributed by atoms with Crippen LogP contribution < -0.4 is 5.56 Å². The molecule has 7 heteroatoms. The van der Waals surface area contributed by atoms with Crippen LogP contribution in [0, 0.1) is 13.8 Å². The second-order valence-electron chi connectivity index (χ2n) is 7.26. The van der Waals surface area contributed by atoms with E-state index in [1.54, 1.807) is 25.9 Å². The highest BCUT2D eigenvalue weighted by Crippen LogP contribution is 2.17. The molecule has 3 rings (SSSR count). The lowest BCUT2D eigenvalue weighted by molar-refractivity contribution is 0.120. The summed E-state index contributed by atoms with van der Waals surface area (Å²) in [6.07, 6.45) is 0. The SMILES string of the molecule is Cc1nc(-c2ccc(CN3CCN(C(=O)N(C)C)CC3)cc2)[nH]c(=O)c1C. The first kappa shape index (κ1) is 19.1. The van der Waals surface area contributed by atoms with Crippen LogP contribution >= 0.6 is 0 Å². The molecule has 1 fully saturated rings. The summed E-state index contributed by atoms with van der Waals surface area (Å²) in [5, 5.41) is 0. The largest absolute Gasteiger partial charge is 0.331 e. The highest BCUT2D eigenvalue weighted by molar-refractivity contribution is 5.73. The summed E-state index contributed by atoms with van der Waals surface area (Å²) in [7, 11) is 3.57. The van der Waals surface area contributed by atoms with Crippen molar-refractivity contribution in [3.05, 3.63) is 51.4 Å². The summed E-state index contributed by atoms with van der Waals surface area (Å²) in [5.41, 5.74) is 3.43. The number of amides is 2. The molecule has 2 heterocycles. The number of rotatable bonds is 3. The minimum Gasteiger partial charge on any atom is -0.331 e. The number of carbonyl (C=O) groups excluding carboxylic acids is 1. The van der Waals surface area contributed by atoms with Gasteiger partial charge in [-0.15, -0.1) is 0 Å².